The lowest BCUT2D eigenvalue weighted by Gasteiger charge is -2.47. The summed E-state index contributed by atoms with van der Waals surface area (Å²) in [6.45, 7) is -0.405. The van der Waals surface area contributed by atoms with Gasteiger partial charge in [0.1, 0.15) is 0 Å². The van der Waals surface area contributed by atoms with E-state index in [9.17, 15) is 0 Å². The van der Waals surface area contributed by atoms with Gasteiger partial charge in [0.15, 0.2) is 0 Å². The maximum atomic E-state index is 2.66. The zero-order valence-corrected chi connectivity index (χ0v) is 61.9. The van der Waals surface area contributed by atoms with E-state index in [1.807, 2.05) is 0 Å². The molecular formula is C106H66B2N6. The number of aromatic nitrogens is 2. The van der Waals surface area contributed by atoms with Crippen molar-refractivity contribution in [1.29, 1.82) is 0 Å². The number of nitrogens with zero attached hydrogens (tertiary/aromatic N) is 6. The van der Waals surface area contributed by atoms with Crippen LogP contribution in [0.5, 0.6) is 0 Å². The standard InChI is InChI=1S/C106H66B2N6/c1-5-33-73(34-6-1)109-93-49-23-21-47-87(93)107-89-65-90-98(66-97(89)111(75-37-9-3-10-38-75)101-63-77(61-99(109)105(101)107)113-91-55-53-71(81-45-25-31-67-27-13-17-41-79(67)81)59-85(91)103-83-43-19-15-29-69(83)51-57-95(103)113)112(76-39-11-4-12-40-76)102-64-78(62-100-106(102)108(90)88-48-22-24-50-94(88)110(100)74-35-7-2-8-36-74)114-92-56-54-72(82-46-26-32-68-28-14-18-42-80(68)82)60-86(92)104-84-44-20-16-30-70(84)52-58-96(104)114/h1-66H. The minimum absolute atomic E-state index is 0.202. The SMILES string of the molecule is c1ccc(N2c3ccccc3B3c4cc5c(cc4N(c4ccccc4)c4cc(-n6c7ccc(-c8cccc9ccccc89)cc7c7c8ccccc8ccc76)cc2c43)N(c2ccccc2)c2cc(-n3c4ccc(-c6cccc7ccccc67)cc4c4c6ccccc6ccc43)cc3c2B5c2ccccc2N3c2ccccc2)cc1. The Balaban J connectivity index is 0.778. The molecular weight excluding hydrogens is 1380 g/mol. The molecule has 6 nitrogen and oxygen atoms in total. The van der Waals surface area contributed by atoms with Crippen molar-refractivity contribution in [2.45, 2.75) is 0 Å². The van der Waals surface area contributed by atoms with Crippen LogP contribution < -0.4 is 52.4 Å². The second kappa shape index (κ2) is 24.3. The van der Waals surface area contributed by atoms with Gasteiger partial charge in [-0.05, 0) is 226 Å². The van der Waals surface area contributed by atoms with E-state index in [0.717, 1.165) is 102 Å². The van der Waals surface area contributed by atoms with Crippen LogP contribution in [0.1, 0.15) is 0 Å². The highest BCUT2D eigenvalue weighted by Crippen LogP contribution is 2.53. The van der Waals surface area contributed by atoms with Crippen LogP contribution in [-0.2, 0) is 0 Å². The van der Waals surface area contributed by atoms with Crippen molar-refractivity contribution in [2.75, 3.05) is 19.6 Å². The van der Waals surface area contributed by atoms with Crippen molar-refractivity contribution in [3.63, 3.8) is 0 Å². The highest BCUT2D eigenvalue weighted by atomic mass is 15.2. The zero-order valence-electron chi connectivity index (χ0n) is 61.9. The number of rotatable bonds is 8. The molecule has 0 bridgehead atoms. The largest absolute Gasteiger partial charge is 0.311 e. The molecule has 0 radical (unpaired) electrons. The van der Waals surface area contributed by atoms with Gasteiger partial charge in [-0.3, -0.25) is 0 Å². The Morgan fingerprint density at radius 2 is 0.491 bits per heavy atom. The summed E-state index contributed by atoms with van der Waals surface area (Å²) in [5, 5.41) is 14.7. The minimum atomic E-state index is -0.202. The van der Waals surface area contributed by atoms with Crippen molar-refractivity contribution in [2.24, 2.45) is 0 Å². The van der Waals surface area contributed by atoms with Gasteiger partial charge in [-0.1, -0.05) is 273 Å². The lowest BCUT2D eigenvalue weighted by atomic mass is 9.30. The van der Waals surface area contributed by atoms with Gasteiger partial charge >= 0.3 is 0 Å². The van der Waals surface area contributed by atoms with Crippen LogP contribution >= 0.6 is 0 Å². The number of anilines is 12. The third kappa shape index (κ3) is 9.04. The summed E-state index contributed by atoms with van der Waals surface area (Å²) >= 11 is 0. The van der Waals surface area contributed by atoms with Crippen molar-refractivity contribution in [1.82, 2.24) is 9.13 Å². The van der Waals surface area contributed by atoms with E-state index in [-0.39, 0.29) is 13.4 Å². The Labute approximate surface area is 659 Å². The van der Waals surface area contributed by atoms with Crippen LogP contribution in [0.25, 0.3) is 120 Å². The van der Waals surface area contributed by atoms with Crippen LogP contribution in [0.4, 0.5) is 68.2 Å². The molecule has 0 amide bonds. The molecule has 0 atom stereocenters. The highest BCUT2D eigenvalue weighted by Gasteiger charge is 2.49. The first-order valence-electron chi connectivity index (χ1n) is 39.6. The molecule has 0 aliphatic carbocycles. The lowest BCUT2D eigenvalue weighted by Crippen LogP contribution is -2.65. The average molecular weight is 1450 g/mol. The Kier molecular flexibility index (Phi) is 13.4. The molecule has 4 aliphatic heterocycles. The summed E-state index contributed by atoms with van der Waals surface area (Å²) in [5.74, 6) is 0. The van der Waals surface area contributed by atoms with E-state index >= 15 is 0 Å². The van der Waals surface area contributed by atoms with E-state index in [2.05, 4.69) is 429 Å². The zero-order chi connectivity index (χ0) is 74.4. The topological polar surface area (TPSA) is 22.8 Å². The van der Waals surface area contributed by atoms with Crippen LogP contribution in [0.15, 0.2) is 400 Å². The van der Waals surface area contributed by atoms with Crippen molar-refractivity contribution >= 4 is 201 Å². The van der Waals surface area contributed by atoms with Gasteiger partial charge in [0, 0.05) is 89.8 Å². The summed E-state index contributed by atoms with van der Waals surface area (Å²) in [4.78, 5) is 10.3. The van der Waals surface area contributed by atoms with Crippen molar-refractivity contribution in [3.05, 3.63) is 400 Å². The maximum absolute atomic E-state index is 2.66. The van der Waals surface area contributed by atoms with Crippen LogP contribution in [-0.4, -0.2) is 22.6 Å². The van der Waals surface area contributed by atoms with Crippen molar-refractivity contribution in [3.8, 4) is 33.6 Å². The minimum Gasteiger partial charge on any atom is -0.311 e. The number of hydrogen-bond acceptors (Lipinski definition) is 4. The molecule has 2 aromatic heterocycles. The molecule has 0 spiro atoms. The molecule has 0 saturated carbocycles. The van der Waals surface area contributed by atoms with E-state index in [4.69, 9.17) is 0 Å². The Bertz CT molecular complexity index is 7200. The van der Waals surface area contributed by atoms with Gasteiger partial charge in [0.25, 0.3) is 13.4 Å². The molecule has 0 N–H and O–H groups in total. The fraction of sp³-hybridized carbons (Fsp3) is 0. The maximum Gasteiger partial charge on any atom is 0.252 e. The predicted octanol–water partition coefficient (Wildman–Crippen LogP) is 24.0. The summed E-state index contributed by atoms with van der Waals surface area (Å²) in [6, 6.07) is 151. The Hall–Kier alpha value is -14.9. The molecule has 21 aromatic rings. The smallest absolute Gasteiger partial charge is 0.252 e. The summed E-state index contributed by atoms with van der Waals surface area (Å²) in [7, 11) is 0. The van der Waals surface area contributed by atoms with E-state index in [1.165, 1.54) is 120 Å². The first kappa shape index (κ1) is 63.0. The van der Waals surface area contributed by atoms with E-state index in [1.54, 1.807) is 0 Å². The number of fused-ring (bicyclic) bond motifs is 20. The van der Waals surface area contributed by atoms with E-state index in [0.29, 0.717) is 0 Å². The molecule has 4 aliphatic rings. The predicted molar refractivity (Wildman–Crippen MR) is 484 cm³/mol. The molecule has 19 aromatic carbocycles. The first-order chi connectivity index (χ1) is 56.6. The Morgan fingerprint density at radius 3 is 0.886 bits per heavy atom. The van der Waals surface area contributed by atoms with Gasteiger partial charge in [-0.15, -0.1) is 0 Å². The molecule has 0 saturated heterocycles. The number of para-hydroxylation sites is 6. The van der Waals surface area contributed by atoms with E-state index < -0.39 is 0 Å². The fourth-order valence-electron chi connectivity index (χ4n) is 20.5. The van der Waals surface area contributed by atoms with Gasteiger partial charge in [-0.25, -0.2) is 0 Å². The average Bonchev–Trinajstić information content (AvgIpc) is 0.845. The third-order valence-electron chi connectivity index (χ3n) is 25.1. The molecule has 0 fully saturated rings. The molecule has 25 rings (SSSR count). The molecule has 114 heavy (non-hydrogen) atoms. The first-order valence-corrected chi connectivity index (χ1v) is 39.6. The second-order valence-corrected chi connectivity index (χ2v) is 31.0. The quantitative estimate of drug-likeness (QED) is 0.141. The number of benzene rings is 19. The highest BCUT2D eigenvalue weighted by molar-refractivity contribution is 7.03. The van der Waals surface area contributed by atoms with Gasteiger partial charge in [0.2, 0.25) is 0 Å². The molecule has 526 valence electrons. The fourth-order valence-corrected chi connectivity index (χ4v) is 20.5. The van der Waals surface area contributed by atoms with Crippen molar-refractivity contribution < 1.29 is 0 Å². The lowest BCUT2D eigenvalue weighted by molar-refractivity contribution is 1.16. The third-order valence-corrected chi connectivity index (χ3v) is 25.1. The molecule has 8 heteroatoms. The van der Waals surface area contributed by atoms with Gasteiger partial charge in [-0.2, -0.15) is 0 Å². The van der Waals surface area contributed by atoms with Crippen LogP contribution in [0.3, 0.4) is 0 Å². The Morgan fingerprint density at radius 1 is 0.175 bits per heavy atom. The van der Waals surface area contributed by atoms with Crippen LogP contribution in [0.2, 0.25) is 0 Å². The van der Waals surface area contributed by atoms with Gasteiger partial charge in [0.05, 0.1) is 33.4 Å². The molecule has 0 unspecified atom stereocenters. The summed E-state index contributed by atoms with van der Waals surface area (Å²) < 4.78 is 5.13. The normalized spacial score (nSPS) is 13.2. The van der Waals surface area contributed by atoms with Gasteiger partial charge < -0.3 is 28.7 Å². The monoisotopic (exact) mass is 1440 g/mol. The summed E-state index contributed by atoms with van der Waals surface area (Å²) in [5.41, 5.74) is 32.5. The van der Waals surface area contributed by atoms with Crippen LogP contribution in [0, 0.1) is 0 Å². The molecule has 6 heterocycles. The second-order valence-electron chi connectivity index (χ2n) is 31.0. The summed E-state index contributed by atoms with van der Waals surface area (Å²) in [6.07, 6.45) is 0. The number of hydrogen-bond donors (Lipinski definition) is 0.